The maximum Gasteiger partial charge on any atom is 0.263 e. The Morgan fingerprint density at radius 1 is 1.24 bits per heavy atom. The number of aryl methyl sites for hydroxylation is 1. The number of hydrogen-bond donors (Lipinski definition) is 2. The molecule has 2 aromatic carbocycles. The molecule has 0 radical (unpaired) electrons. The highest BCUT2D eigenvalue weighted by Crippen LogP contribution is 2.25. The first-order valence-corrected chi connectivity index (χ1v) is 8.20. The predicted molar refractivity (Wildman–Crippen MR) is 85.3 cm³/mol. The Hall–Kier alpha value is -2.04. The van der Waals surface area contributed by atoms with Crippen molar-refractivity contribution >= 4 is 37.3 Å². The molecule has 0 heterocycles. The summed E-state index contributed by atoms with van der Waals surface area (Å²) in [6.07, 6.45) is 0. The van der Waals surface area contributed by atoms with Crippen molar-refractivity contribution < 1.29 is 8.42 Å². The zero-order valence-corrected chi connectivity index (χ0v) is 13.5. The van der Waals surface area contributed by atoms with E-state index in [1.165, 1.54) is 18.2 Å². The molecule has 0 bridgehead atoms. The van der Waals surface area contributed by atoms with Crippen LogP contribution in [0.15, 0.2) is 45.8 Å². The average Bonchev–Trinajstić information content (AvgIpc) is 2.42. The number of sulfonamides is 1. The normalized spacial score (nSPS) is 10.9. The van der Waals surface area contributed by atoms with Crippen LogP contribution in [0, 0.1) is 18.3 Å². The second kappa shape index (κ2) is 5.76. The molecule has 0 aromatic heterocycles. The molecule has 0 aliphatic carbocycles. The molecule has 21 heavy (non-hydrogen) atoms. The summed E-state index contributed by atoms with van der Waals surface area (Å²) < 4.78 is 27.9. The van der Waals surface area contributed by atoms with Crippen LogP contribution in [0.1, 0.15) is 11.1 Å². The first kappa shape index (κ1) is 15.4. The molecule has 0 unspecified atom stereocenters. The Morgan fingerprint density at radius 2 is 1.95 bits per heavy atom. The molecule has 7 heteroatoms. The van der Waals surface area contributed by atoms with Gasteiger partial charge in [0.1, 0.15) is 4.90 Å². The molecule has 0 saturated carbocycles. The fraction of sp³-hybridized carbons (Fsp3) is 0.0714. The van der Waals surface area contributed by atoms with Gasteiger partial charge in [-0.25, -0.2) is 8.42 Å². The average molecular weight is 366 g/mol. The van der Waals surface area contributed by atoms with Gasteiger partial charge >= 0.3 is 0 Å². The Bertz CT molecular complexity index is 842. The van der Waals surface area contributed by atoms with Crippen molar-refractivity contribution in [3.05, 3.63) is 52.0 Å². The SMILES string of the molecule is Cc1ccc(NS(=O)(=O)c2ccc(C#N)cc2N)cc1Br. The van der Waals surface area contributed by atoms with E-state index in [-0.39, 0.29) is 10.6 Å². The van der Waals surface area contributed by atoms with Crippen molar-refractivity contribution in [1.82, 2.24) is 0 Å². The Balaban J connectivity index is 2.38. The molecule has 0 fully saturated rings. The van der Waals surface area contributed by atoms with Gasteiger partial charge in [-0.2, -0.15) is 5.26 Å². The van der Waals surface area contributed by atoms with Crippen LogP contribution >= 0.6 is 15.9 Å². The topological polar surface area (TPSA) is 96.0 Å². The molecule has 0 atom stereocenters. The monoisotopic (exact) mass is 365 g/mol. The quantitative estimate of drug-likeness (QED) is 0.817. The van der Waals surface area contributed by atoms with Gasteiger partial charge in [-0.3, -0.25) is 4.72 Å². The third-order valence-electron chi connectivity index (χ3n) is 2.85. The number of hydrogen-bond acceptors (Lipinski definition) is 4. The third-order valence-corrected chi connectivity index (χ3v) is 5.16. The number of nitrogens with two attached hydrogens (primary N) is 1. The molecule has 0 spiro atoms. The van der Waals surface area contributed by atoms with Crippen molar-refractivity contribution in [3.8, 4) is 6.07 Å². The summed E-state index contributed by atoms with van der Waals surface area (Å²) in [6.45, 7) is 1.90. The molecule has 108 valence electrons. The molecule has 0 aliphatic rings. The maximum atomic E-state index is 12.3. The highest BCUT2D eigenvalue weighted by Gasteiger charge is 2.18. The second-order valence-electron chi connectivity index (χ2n) is 4.43. The summed E-state index contributed by atoms with van der Waals surface area (Å²) in [6, 6.07) is 11.1. The van der Waals surface area contributed by atoms with Gasteiger partial charge in [-0.1, -0.05) is 22.0 Å². The van der Waals surface area contributed by atoms with E-state index in [2.05, 4.69) is 20.7 Å². The lowest BCUT2D eigenvalue weighted by atomic mass is 10.2. The van der Waals surface area contributed by atoms with Gasteiger partial charge in [-0.05, 0) is 42.8 Å². The van der Waals surface area contributed by atoms with Gasteiger partial charge in [0.15, 0.2) is 0 Å². The number of halogens is 1. The Morgan fingerprint density at radius 3 is 2.52 bits per heavy atom. The van der Waals surface area contributed by atoms with Gasteiger partial charge in [0.2, 0.25) is 0 Å². The fourth-order valence-electron chi connectivity index (χ4n) is 1.73. The Kier molecular flexibility index (Phi) is 4.21. The summed E-state index contributed by atoms with van der Waals surface area (Å²) in [5.41, 5.74) is 7.48. The second-order valence-corrected chi connectivity index (χ2v) is 6.94. The van der Waals surface area contributed by atoms with E-state index in [0.717, 1.165) is 10.0 Å². The molecule has 3 N–H and O–H groups in total. The molecule has 5 nitrogen and oxygen atoms in total. The minimum Gasteiger partial charge on any atom is -0.398 e. The number of nitriles is 1. The van der Waals surface area contributed by atoms with Crippen LogP contribution in [-0.4, -0.2) is 8.42 Å². The third kappa shape index (κ3) is 3.35. The van der Waals surface area contributed by atoms with Gasteiger partial charge in [0.05, 0.1) is 17.3 Å². The van der Waals surface area contributed by atoms with Crippen LogP contribution in [-0.2, 0) is 10.0 Å². The summed E-state index contributed by atoms with van der Waals surface area (Å²) in [4.78, 5) is -0.0572. The molecule has 0 saturated heterocycles. The molecule has 0 amide bonds. The van der Waals surface area contributed by atoms with E-state index in [1.54, 1.807) is 18.2 Å². The van der Waals surface area contributed by atoms with E-state index in [0.29, 0.717) is 11.3 Å². The van der Waals surface area contributed by atoms with Gasteiger partial charge in [0.25, 0.3) is 10.0 Å². The number of rotatable bonds is 3. The minimum absolute atomic E-state index is 0.0349. The van der Waals surface area contributed by atoms with Crippen LogP contribution < -0.4 is 10.5 Å². The lowest BCUT2D eigenvalue weighted by Crippen LogP contribution is -2.15. The number of anilines is 2. The highest BCUT2D eigenvalue weighted by atomic mass is 79.9. The number of benzene rings is 2. The van der Waals surface area contributed by atoms with Crippen molar-refractivity contribution in [2.75, 3.05) is 10.5 Å². The van der Waals surface area contributed by atoms with Crippen molar-refractivity contribution in [1.29, 1.82) is 5.26 Å². The molecular formula is C14H12BrN3O2S. The summed E-state index contributed by atoms with van der Waals surface area (Å²) in [7, 11) is -3.80. The van der Waals surface area contributed by atoms with E-state index in [1.807, 2.05) is 13.0 Å². The van der Waals surface area contributed by atoms with Crippen molar-refractivity contribution in [2.45, 2.75) is 11.8 Å². The van der Waals surface area contributed by atoms with Gasteiger partial charge < -0.3 is 5.73 Å². The van der Waals surface area contributed by atoms with E-state index in [9.17, 15) is 8.42 Å². The molecule has 2 aromatic rings. The van der Waals surface area contributed by atoms with Crippen LogP contribution in [0.4, 0.5) is 11.4 Å². The first-order chi connectivity index (χ1) is 9.83. The van der Waals surface area contributed by atoms with Crippen molar-refractivity contribution in [2.24, 2.45) is 0 Å². The lowest BCUT2D eigenvalue weighted by molar-refractivity contribution is 0.601. The summed E-state index contributed by atoms with van der Waals surface area (Å²) >= 11 is 3.35. The van der Waals surface area contributed by atoms with E-state index >= 15 is 0 Å². The molecular weight excluding hydrogens is 354 g/mol. The lowest BCUT2D eigenvalue weighted by Gasteiger charge is -2.11. The number of nitrogens with one attached hydrogen (secondary N) is 1. The largest absolute Gasteiger partial charge is 0.398 e. The number of nitrogens with zero attached hydrogens (tertiary/aromatic N) is 1. The zero-order valence-electron chi connectivity index (χ0n) is 11.1. The minimum atomic E-state index is -3.80. The highest BCUT2D eigenvalue weighted by molar-refractivity contribution is 9.10. The van der Waals surface area contributed by atoms with Crippen LogP contribution in [0.2, 0.25) is 0 Å². The Labute approximate surface area is 131 Å². The predicted octanol–water partition coefficient (Wildman–Crippen LogP) is 3.01. The van der Waals surface area contributed by atoms with Crippen LogP contribution in [0.5, 0.6) is 0 Å². The summed E-state index contributed by atoms with van der Waals surface area (Å²) in [5, 5.41) is 8.77. The maximum absolute atomic E-state index is 12.3. The van der Waals surface area contributed by atoms with E-state index < -0.39 is 10.0 Å². The van der Waals surface area contributed by atoms with Crippen molar-refractivity contribution in [3.63, 3.8) is 0 Å². The first-order valence-electron chi connectivity index (χ1n) is 5.92. The van der Waals surface area contributed by atoms with Crippen LogP contribution in [0.3, 0.4) is 0 Å². The van der Waals surface area contributed by atoms with E-state index in [4.69, 9.17) is 11.0 Å². The molecule has 0 aliphatic heterocycles. The fourth-order valence-corrected chi connectivity index (χ4v) is 3.27. The smallest absolute Gasteiger partial charge is 0.263 e. The number of nitrogen functional groups attached to an aromatic ring is 1. The zero-order chi connectivity index (χ0) is 15.6. The van der Waals surface area contributed by atoms with Crippen LogP contribution in [0.25, 0.3) is 0 Å². The molecule has 2 rings (SSSR count). The van der Waals surface area contributed by atoms with Gasteiger partial charge in [0, 0.05) is 10.2 Å². The van der Waals surface area contributed by atoms with Gasteiger partial charge in [-0.15, -0.1) is 0 Å². The standard InChI is InChI=1S/C14H12BrN3O2S/c1-9-2-4-11(7-12(9)15)18-21(19,20)14-5-3-10(8-16)6-13(14)17/h2-7,18H,17H2,1H3. The summed E-state index contributed by atoms with van der Waals surface area (Å²) in [5.74, 6) is 0.